The van der Waals surface area contributed by atoms with Crippen LogP contribution in [0.5, 0.6) is 0 Å². The van der Waals surface area contributed by atoms with Crippen molar-refractivity contribution in [1.29, 1.82) is 0 Å². The quantitative estimate of drug-likeness (QED) is 0.735. The van der Waals surface area contributed by atoms with Gasteiger partial charge in [0, 0.05) is 14.2 Å². The zero-order valence-electron chi connectivity index (χ0n) is 8.73. The average Bonchev–Trinajstić information content (AvgIpc) is 2.26. The van der Waals surface area contributed by atoms with Crippen molar-refractivity contribution in [3.05, 3.63) is 40.4 Å². The predicted molar refractivity (Wildman–Crippen MR) is 57.7 cm³/mol. The number of rotatable bonds is 2. The topological polar surface area (TPSA) is 44.1 Å². The maximum absolute atomic E-state index is 11.9. The lowest BCUT2D eigenvalue weighted by Gasteiger charge is -2.07. The Morgan fingerprint density at radius 2 is 2.13 bits per heavy atom. The van der Waals surface area contributed by atoms with Gasteiger partial charge in [-0.05, 0) is 12.1 Å². The minimum Gasteiger partial charge on any atom is -0.377 e. The van der Waals surface area contributed by atoms with E-state index in [0.717, 1.165) is 0 Å². The highest BCUT2D eigenvalue weighted by molar-refractivity contribution is 5.77. The maximum atomic E-state index is 11.9. The molecule has 0 aliphatic rings. The average molecular weight is 204 g/mol. The van der Waals surface area contributed by atoms with Crippen LogP contribution in [0.4, 0.5) is 0 Å². The summed E-state index contributed by atoms with van der Waals surface area (Å²) in [5.74, 6) is 0.640. The number of fused-ring (bicyclic) bond motifs is 1. The SMILES string of the molecule is COCc1nc2ccccc2c(=O)n1C. The van der Waals surface area contributed by atoms with Crippen molar-refractivity contribution in [3.63, 3.8) is 0 Å². The van der Waals surface area contributed by atoms with Crippen LogP contribution in [-0.2, 0) is 18.4 Å². The molecule has 1 heterocycles. The van der Waals surface area contributed by atoms with E-state index in [1.165, 1.54) is 4.57 Å². The van der Waals surface area contributed by atoms with Gasteiger partial charge in [-0.1, -0.05) is 12.1 Å². The Morgan fingerprint density at radius 3 is 2.87 bits per heavy atom. The zero-order valence-corrected chi connectivity index (χ0v) is 8.73. The van der Waals surface area contributed by atoms with Gasteiger partial charge in [-0.25, -0.2) is 4.98 Å². The Morgan fingerprint density at radius 1 is 1.40 bits per heavy atom. The van der Waals surface area contributed by atoms with E-state index in [2.05, 4.69) is 4.98 Å². The molecule has 4 heteroatoms. The van der Waals surface area contributed by atoms with E-state index >= 15 is 0 Å². The molecule has 78 valence electrons. The van der Waals surface area contributed by atoms with Gasteiger partial charge >= 0.3 is 0 Å². The number of nitrogens with zero attached hydrogens (tertiary/aromatic N) is 2. The Kier molecular flexibility index (Phi) is 2.51. The summed E-state index contributed by atoms with van der Waals surface area (Å²) < 4.78 is 6.51. The number of ether oxygens (including phenoxy) is 1. The highest BCUT2D eigenvalue weighted by atomic mass is 16.5. The van der Waals surface area contributed by atoms with Gasteiger partial charge in [0.1, 0.15) is 12.4 Å². The Hall–Kier alpha value is -1.68. The van der Waals surface area contributed by atoms with Crippen LogP contribution in [0.2, 0.25) is 0 Å². The molecule has 2 rings (SSSR count). The van der Waals surface area contributed by atoms with Gasteiger partial charge in [-0.2, -0.15) is 0 Å². The summed E-state index contributed by atoms with van der Waals surface area (Å²) in [7, 11) is 3.29. The van der Waals surface area contributed by atoms with Crippen molar-refractivity contribution >= 4 is 10.9 Å². The fourth-order valence-electron chi connectivity index (χ4n) is 1.52. The number of hydrogen-bond acceptors (Lipinski definition) is 3. The van der Waals surface area contributed by atoms with Crippen LogP contribution in [0.25, 0.3) is 10.9 Å². The summed E-state index contributed by atoms with van der Waals surface area (Å²) in [5, 5.41) is 0.639. The minimum atomic E-state index is -0.0346. The number of aromatic nitrogens is 2. The van der Waals surface area contributed by atoms with E-state index in [1.54, 1.807) is 20.2 Å². The normalized spacial score (nSPS) is 10.8. The summed E-state index contributed by atoms with van der Waals surface area (Å²) in [6.07, 6.45) is 0. The molecule has 15 heavy (non-hydrogen) atoms. The van der Waals surface area contributed by atoms with Crippen molar-refractivity contribution in [3.8, 4) is 0 Å². The first-order valence-corrected chi connectivity index (χ1v) is 4.67. The molecular weight excluding hydrogens is 192 g/mol. The molecule has 0 saturated heterocycles. The molecule has 0 unspecified atom stereocenters. The highest BCUT2D eigenvalue weighted by Crippen LogP contribution is 2.07. The van der Waals surface area contributed by atoms with Gasteiger partial charge in [0.15, 0.2) is 0 Å². The van der Waals surface area contributed by atoms with Gasteiger partial charge in [-0.3, -0.25) is 9.36 Å². The van der Waals surface area contributed by atoms with Crippen molar-refractivity contribution < 1.29 is 4.74 Å². The van der Waals surface area contributed by atoms with Crippen molar-refractivity contribution in [2.24, 2.45) is 7.05 Å². The molecule has 0 saturated carbocycles. The molecule has 0 bridgehead atoms. The van der Waals surface area contributed by atoms with E-state index in [1.807, 2.05) is 18.2 Å². The number of methoxy groups -OCH3 is 1. The molecule has 0 spiro atoms. The Bertz CT molecular complexity index is 546. The van der Waals surface area contributed by atoms with Crippen LogP contribution in [-0.4, -0.2) is 16.7 Å². The molecule has 0 aliphatic heterocycles. The van der Waals surface area contributed by atoms with E-state index in [9.17, 15) is 4.79 Å². The van der Waals surface area contributed by atoms with Crippen LogP contribution in [0.1, 0.15) is 5.82 Å². The van der Waals surface area contributed by atoms with Gasteiger partial charge in [0.05, 0.1) is 10.9 Å². The number of hydrogen-bond donors (Lipinski definition) is 0. The molecule has 0 fully saturated rings. The monoisotopic (exact) mass is 204 g/mol. The Balaban J connectivity index is 2.77. The smallest absolute Gasteiger partial charge is 0.261 e. The third-order valence-electron chi connectivity index (χ3n) is 2.35. The van der Waals surface area contributed by atoms with E-state index in [0.29, 0.717) is 23.3 Å². The van der Waals surface area contributed by atoms with Crippen LogP contribution < -0.4 is 5.56 Å². The van der Waals surface area contributed by atoms with Gasteiger partial charge in [0.25, 0.3) is 5.56 Å². The van der Waals surface area contributed by atoms with Crippen LogP contribution in [0, 0.1) is 0 Å². The van der Waals surface area contributed by atoms with Crippen LogP contribution in [0.3, 0.4) is 0 Å². The molecule has 1 aromatic heterocycles. The van der Waals surface area contributed by atoms with E-state index < -0.39 is 0 Å². The summed E-state index contributed by atoms with van der Waals surface area (Å²) in [6, 6.07) is 7.31. The Labute approximate surface area is 87.1 Å². The summed E-state index contributed by atoms with van der Waals surface area (Å²) >= 11 is 0. The van der Waals surface area contributed by atoms with Crippen molar-refractivity contribution in [2.75, 3.05) is 7.11 Å². The molecule has 2 aromatic rings. The lowest BCUT2D eigenvalue weighted by atomic mass is 10.2. The maximum Gasteiger partial charge on any atom is 0.261 e. The molecule has 1 aromatic carbocycles. The molecule has 0 N–H and O–H groups in total. The number of benzene rings is 1. The second-order valence-electron chi connectivity index (χ2n) is 3.34. The summed E-state index contributed by atoms with van der Waals surface area (Å²) in [5.41, 5.74) is 0.681. The first-order valence-electron chi connectivity index (χ1n) is 4.67. The van der Waals surface area contributed by atoms with E-state index in [4.69, 9.17) is 4.74 Å². The fraction of sp³-hybridized carbons (Fsp3) is 0.273. The minimum absolute atomic E-state index is 0.0346. The lowest BCUT2D eigenvalue weighted by molar-refractivity contribution is 0.174. The van der Waals surface area contributed by atoms with Gasteiger partial charge < -0.3 is 4.74 Å². The highest BCUT2D eigenvalue weighted by Gasteiger charge is 2.06. The van der Waals surface area contributed by atoms with Crippen LogP contribution >= 0.6 is 0 Å². The second-order valence-corrected chi connectivity index (χ2v) is 3.34. The van der Waals surface area contributed by atoms with Gasteiger partial charge in [-0.15, -0.1) is 0 Å². The summed E-state index contributed by atoms with van der Waals surface area (Å²) in [4.78, 5) is 16.3. The lowest BCUT2D eigenvalue weighted by Crippen LogP contribution is -2.22. The van der Waals surface area contributed by atoms with Crippen molar-refractivity contribution in [1.82, 2.24) is 9.55 Å². The largest absolute Gasteiger partial charge is 0.377 e. The molecule has 0 atom stereocenters. The fourth-order valence-corrected chi connectivity index (χ4v) is 1.52. The molecule has 0 amide bonds. The third-order valence-corrected chi connectivity index (χ3v) is 2.35. The molecule has 4 nitrogen and oxygen atoms in total. The standard InChI is InChI=1S/C11H12N2O2/c1-13-10(7-15-2)12-9-6-4-3-5-8(9)11(13)14/h3-6H,7H2,1-2H3. The van der Waals surface area contributed by atoms with E-state index in [-0.39, 0.29) is 5.56 Å². The number of para-hydroxylation sites is 1. The van der Waals surface area contributed by atoms with Gasteiger partial charge in [0.2, 0.25) is 0 Å². The molecule has 0 radical (unpaired) electrons. The summed E-state index contributed by atoms with van der Waals surface area (Å²) in [6.45, 7) is 0.344. The van der Waals surface area contributed by atoms with Crippen LogP contribution in [0.15, 0.2) is 29.1 Å². The van der Waals surface area contributed by atoms with Crippen molar-refractivity contribution in [2.45, 2.75) is 6.61 Å². The zero-order chi connectivity index (χ0) is 10.8. The first-order chi connectivity index (χ1) is 7.24. The molecular formula is C11H12N2O2. The predicted octanol–water partition coefficient (Wildman–Crippen LogP) is 1.08. The second kappa shape index (κ2) is 3.82. The third kappa shape index (κ3) is 1.64. The molecule has 0 aliphatic carbocycles. The first kappa shape index (κ1) is 9.86.